The number of terminal acetylenes is 1. The smallest absolute Gasteiger partial charge is 0.341 e. The third kappa shape index (κ3) is 5.95. The van der Waals surface area contributed by atoms with Crippen LogP contribution in [0.25, 0.3) is 11.1 Å². The van der Waals surface area contributed by atoms with Gasteiger partial charge in [0.05, 0.1) is 30.2 Å². The molecule has 2 aliphatic carbocycles. The maximum Gasteiger partial charge on any atom is 0.341 e. The van der Waals surface area contributed by atoms with Crippen molar-refractivity contribution in [2.24, 2.45) is 28.5 Å². The number of rotatable bonds is 8. The van der Waals surface area contributed by atoms with Crippen LogP contribution in [-0.4, -0.2) is 24.9 Å². The Bertz CT molecular complexity index is 1150. The van der Waals surface area contributed by atoms with E-state index < -0.39 is 5.97 Å². The van der Waals surface area contributed by atoms with E-state index in [0.717, 1.165) is 29.0 Å². The largest absolute Gasteiger partial charge is 0.490 e. The van der Waals surface area contributed by atoms with Gasteiger partial charge < -0.3 is 15.2 Å². The third-order valence-corrected chi connectivity index (χ3v) is 7.10. The lowest BCUT2D eigenvalue weighted by atomic mass is 9.86. The summed E-state index contributed by atoms with van der Waals surface area (Å²) in [4.78, 5) is 17.1. The fourth-order valence-electron chi connectivity index (χ4n) is 4.95. The number of esters is 1. The van der Waals surface area contributed by atoms with E-state index in [1.807, 2.05) is 36.4 Å². The Kier molecular flexibility index (Phi) is 7.92. The van der Waals surface area contributed by atoms with Gasteiger partial charge in [-0.05, 0) is 67.5 Å². The second-order valence-electron chi connectivity index (χ2n) is 9.48. The maximum absolute atomic E-state index is 12.3. The molecule has 0 spiro atoms. The molecule has 2 aromatic rings. The van der Waals surface area contributed by atoms with Crippen LogP contribution in [0.2, 0.25) is 0 Å². The minimum absolute atomic E-state index is 0.00411. The van der Waals surface area contributed by atoms with Crippen LogP contribution in [0.5, 0.6) is 5.75 Å². The molecule has 0 aliphatic heterocycles. The molecular formula is C30H34N2O3. The van der Waals surface area contributed by atoms with E-state index in [-0.39, 0.29) is 23.5 Å². The van der Waals surface area contributed by atoms with Gasteiger partial charge in [-0.15, -0.1) is 12.3 Å². The molecule has 182 valence electrons. The Morgan fingerprint density at radius 2 is 1.86 bits per heavy atom. The summed E-state index contributed by atoms with van der Waals surface area (Å²) < 4.78 is 11.3. The monoisotopic (exact) mass is 470 g/mol. The predicted octanol–water partition coefficient (Wildman–Crippen LogP) is 6.06. The number of benzene rings is 2. The van der Waals surface area contributed by atoms with E-state index in [1.165, 1.54) is 45.4 Å². The molecule has 0 saturated heterocycles. The van der Waals surface area contributed by atoms with Crippen molar-refractivity contribution >= 4 is 17.4 Å². The summed E-state index contributed by atoms with van der Waals surface area (Å²) in [5.41, 5.74) is 9.41. The van der Waals surface area contributed by atoms with Crippen molar-refractivity contribution in [1.29, 1.82) is 0 Å². The highest BCUT2D eigenvalue weighted by Gasteiger charge is 2.42. The van der Waals surface area contributed by atoms with E-state index in [0.29, 0.717) is 11.6 Å². The summed E-state index contributed by atoms with van der Waals surface area (Å²) in [7, 11) is 1.33. The van der Waals surface area contributed by atoms with Crippen molar-refractivity contribution in [3.63, 3.8) is 0 Å². The lowest BCUT2D eigenvalue weighted by molar-refractivity contribution is -0.135. The van der Waals surface area contributed by atoms with E-state index in [1.54, 1.807) is 0 Å². The molecule has 0 radical (unpaired) electrons. The zero-order chi connectivity index (χ0) is 24.8. The minimum atomic E-state index is -0.512. The summed E-state index contributed by atoms with van der Waals surface area (Å²) in [6.45, 7) is 2.19. The maximum atomic E-state index is 12.3. The number of hydrogen-bond donors (Lipinski definition) is 1. The summed E-state index contributed by atoms with van der Waals surface area (Å²) >= 11 is 0. The molecular weight excluding hydrogens is 436 g/mol. The average Bonchev–Trinajstić information content (AvgIpc) is 3.69. The highest BCUT2D eigenvalue weighted by Crippen LogP contribution is 2.42. The first kappa shape index (κ1) is 24.6. The van der Waals surface area contributed by atoms with Crippen LogP contribution in [0.1, 0.15) is 45.4 Å². The van der Waals surface area contributed by atoms with Gasteiger partial charge in [-0.1, -0.05) is 43.5 Å². The second kappa shape index (κ2) is 11.3. The van der Waals surface area contributed by atoms with E-state index >= 15 is 0 Å². The van der Waals surface area contributed by atoms with Crippen molar-refractivity contribution < 1.29 is 14.3 Å². The molecule has 2 unspecified atom stereocenters. The molecule has 2 saturated carbocycles. The van der Waals surface area contributed by atoms with Gasteiger partial charge in [0.1, 0.15) is 5.75 Å². The summed E-state index contributed by atoms with van der Waals surface area (Å²) in [5.74, 6) is 3.80. The van der Waals surface area contributed by atoms with E-state index in [9.17, 15) is 4.79 Å². The molecule has 5 nitrogen and oxygen atoms in total. The van der Waals surface area contributed by atoms with Crippen LogP contribution in [-0.2, 0) is 9.53 Å². The van der Waals surface area contributed by atoms with Gasteiger partial charge in [0.15, 0.2) is 0 Å². The highest BCUT2D eigenvalue weighted by atomic mass is 16.5. The number of methoxy groups -OCH3 is 1. The Morgan fingerprint density at radius 1 is 1.14 bits per heavy atom. The Hall–Kier alpha value is -3.52. The van der Waals surface area contributed by atoms with Crippen molar-refractivity contribution in [2.45, 2.75) is 51.6 Å². The van der Waals surface area contributed by atoms with Crippen molar-refractivity contribution in [2.75, 3.05) is 7.11 Å². The van der Waals surface area contributed by atoms with Gasteiger partial charge in [0, 0.05) is 18.0 Å². The van der Waals surface area contributed by atoms with E-state index in [4.69, 9.17) is 26.6 Å². The van der Waals surface area contributed by atoms with Gasteiger partial charge in [0.2, 0.25) is 0 Å². The number of aliphatic imine (C=N–C) groups is 1. The van der Waals surface area contributed by atoms with Crippen LogP contribution in [0.4, 0.5) is 5.69 Å². The Labute approximate surface area is 208 Å². The fraction of sp³-hybridized carbons (Fsp3) is 0.400. The summed E-state index contributed by atoms with van der Waals surface area (Å²) in [5, 5.41) is 0. The molecule has 0 heterocycles. The van der Waals surface area contributed by atoms with Crippen LogP contribution < -0.4 is 10.5 Å². The molecule has 2 N–H and O–H groups in total. The lowest BCUT2D eigenvalue weighted by Gasteiger charge is -2.28. The van der Waals surface area contributed by atoms with Gasteiger partial charge in [-0.25, -0.2) is 4.79 Å². The lowest BCUT2D eigenvalue weighted by Crippen LogP contribution is -2.25. The molecule has 5 heteroatoms. The first-order valence-corrected chi connectivity index (χ1v) is 12.5. The molecule has 3 atom stereocenters. The molecule has 35 heavy (non-hydrogen) atoms. The Balaban J connectivity index is 1.58. The summed E-state index contributed by atoms with van der Waals surface area (Å²) in [6.07, 6.45) is 14.3. The van der Waals surface area contributed by atoms with Crippen molar-refractivity contribution in [3.05, 3.63) is 60.3 Å². The molecule has 0 bridgehead atoms. The van der Waals surface area contributed by atoms with Crippen LogP contribution >= 0.6 is 0 Å². The van der Waals surface area contributed by atoms with E-state index in [2.05, 4.69) is 25.0 Å². The predicted molar refractivity (Wildman–Crippen MR) is 140 cm³/mol. The van der Waals surface area contributed by atoms with Crippen molar-refractivity contribution in [3.8, 4) is 29.2 Å². The van der Waals surface area contributed by atoms with Crippen LogP contribution in [0.15, 0.2) is 65.3 Å². The number of nitrogens with two attached hydrogens (primary N) is 1. The average molecular weight is 471 g/mol. The van der Waals surface area contributed by atoms with Gasteiger partial charge >= 0.3 is 5.97 Å². The first-order chi connectivity index (χ1) is 17.0. The second-order valence-corrected chi connectivity index (χ2v) is 9.48. The van der Waals surface area contributed by atoms with Gasteiger partial charge in [-0.2, -0.15) is 0 Å². The standard InChI is InChI=1S/C30H34N2O3/c1-4-21-18-27(21)29(28(19-31)30(33)34-3)32-25-14-8-12-23(16-25)24-13-9-15-26(17-24)35-20(2)22-10-6-5-7-11-22/h1,8-9,12-17,19-22,27H,5-7,10-11,18,31H2,2-3H3/t20?,21?,27-/m1/s1. The minimum Gasteiger partial charge on any atom is -0.490 e. The fourth-order valence-corrected chi connectivity index (χ4v) is 4.95. The molecule has 0 aromatic heterocycles. The molecule has 2 aromatic carbocycles. The number of hydrogen-bond acceptors (Lipinski definition) is 5. The number of ether oxygens (including phenoxy) is 2. The Morgan fingerprint density at radius 3 is 2.51 bits per heavy atom. The molecule has 0 amide bonds. The summed E-state index contributed by atoms with van der Waals surface area (Å²) in [6, 6.07) is 16.1. The normalized spacial score (nSPS) is 21.6. The zero-order valence-corrected chi connectivity index (χ0v) is 20.6. The quantitative estimate of drug-likeness (QED) is 0.220. The molecule has 2 aliphatic rings. The van der Waals surface area contributed by atoms with Crippen LogP contribution in [0, 0.1) is 30.1 Å². The topological polar surface area (TPSA) is 73.9 Å². The van der Waals surface area contributed by atoms with Crippen LogP contribution in [0.3, 0.4) is 0 Å². The SMILES string of the molecule is C#CC1C[C@H]1C(=Nc1cccc(-c2cccc(OC(C)C3CCCCC3)c2)c1)C(=CN)C(=O)OC. The number of carbonyl (C=O) groups is 1. The number of nitrogens with zero attached hydrogens (tertiary/aromatic N) is 1. The zero-order valence-electron chi connectivity index (χ0n) is 20.6. The third-order valence-electron chi connectivity index (χ3n) is 7.10. The molecule has 4 rings (SSSR count). The van der Waals surface area contributed by atoms with Gasteiger partial charge in [-0.3, -0.25) is 4.99 Å². The van der Waals surface area contributed by atoms with Gasteiger partial charge in [0.25, 0.3) is 0 Å². The first-order valence-electron chi connectivity index (χ1n) is 12.5. The highest BCUT2D eigenvalue weighted by molar-refractivity contribution is 6.22. The molecule has 2 fully saturated rings. The number of carbonyl (C=O) groups excluding carboxylic acids is 1. The van der Waals surface area contributed by atoms with Crippen molar-refractivity contribution in [1.82, 2.24) is 0 Å².